The molecule has 2 heterocycles. The van der Waals surface area contributed by atoms with Crippen LogP contribution < -0.4 is 5.32 Å². The Labute approximate surface area is 139 Å². The predicted molar refractivity (Wildman–Crippen MR) is 91.6 cm³/mol. The molecule has 0 radical (unpaired) electrons. The molecule has 0 aliphatic carbocycles. The highest BCUT2D eigenvalue weighted by Gasteiger charge is 2.21. The number of benzene rings is 1. The fourth-order valence-electron chi connectivity index (χ4n) is 2.49. The Hall–Kier alpha value is -1.56. The van der Waals surface area contributed by atoms with Crippen molar-refractivity contribution in [2.75, 3.05) is 31.5 Å². The summed E-state index contributed by atoms with van der Waals surface area (Å²) < 4.78 is 0. The van der Waals surface area contributed by atoms with Crippen LogP contribution in [0.15, 0.2) is 41.1 Å². The minimum atomic E-state index is -0.0440. The van der Waals surface area contributed by atoms with Crippen LogP contribution in [0.3, 0.4) is 0 Å². The molecule has 3 rings (SSSR count). The first-order chi connectivity index (χ1) is 10.7. The minimum Gasteiger partial charge on any atom is -0.322 e. The van der Waals surface area contributed by atoms with Crippen molar-refractivity contribution in [3.63, 3.8) is 0 Å². The molecule has 1 aromatic carbocycles. The van der Waals surface area contributed by atoms with Gasteiger partial charge in [0.1, 0.15) is 0 Å². The number of rotatable bonds is 3. The number of hydrogen-bond donors (Lipinski definition) is 1. The molecule has 116 valence electrons. The van der Waals surface area contributed by atoms with E-state index < -0.39 is 0 Å². The molecule has 0 saturated carbocycles. The minimum absolute atomic E-state index is 0.0440. The molecule has 1 fully saturated rings. The second kappa shape index (κ2) is 7.13. The van der Waals surface area contributed by atoms with Gasteiger partial charge in [-0.3, -0.25) is 4.90 Å². The summed E-state index contributed by atoms with van der Waals surface area (Å²) in [5.41, 5.74) is 2.12. The predicted octanol–water partition coefficient (Wildman–Crippen LogP) is 3.75. The van der Waals surface area contributed by atoms with Crippen molar-refractivity contribution < 1.29 is 4.79 Å². The normalized spacial score (nSPS) is 15.8. The third kappa shape index (κ3) is 4.00. The van der Waals surface area contributed by atoms with Crippen molar-refractivity contribution in [1.29, 1.82) is 0 Å². The zero-order chi connectivity index (χ0) is 15.4. The van der Waals surface area contributed by atoms with E-state index in [4.69, 9.17) is 11.6 Å². The molecule has 2 amide bonds. The maximum absolute atomic E-state index is 12.2. The van der Waals surface area contributed by atoms with Gasteiger partial charge in [-0.1, -0.05) is 11.6 Å². The fourth-order valence-corrected chi connectivity index (χ4v) is 3.27. The quantitative estimate of drug-likeness (QED) is 0.927. The van der Waals surface area contributed by atoms with Crippen LogP contribution in [0.2, 0.25) is 5.02 Å². The Balaban J connectivity index is 1.48. The highest BCUT2D eigenvalue weighted by molar-refractivity contribution is 7.07. The van der Waals surface area contributed by atoms with Gasteiger partial charge < -0.3 is 10.2 Å². The molecular weight excluding hydrogens is 318 g/mol. The van der Waals surface area contributed by atoms with E-state index in [0.717, 1.165) is 38.4 Å². The topological polar surface area (TPSA) is 35.6 Å². The maximum Gasteiger partial charge on any atom is 0.321 e. The van der Waals surface area contributed by atoms with Gasteiger partial charge in [0, 0.05) is 43.4 Å². The molecule has 22 heavy (non-hydrogen) atoms. The van der Waals surface area contributed by atoms with E-state index in [9.17, 15) is 4.79 Å². The molecule has 0 unspecified atom stereocenters. The number of piperazine rings is 1. The van der Waals surface area contributed by atoms with Gasteiger partial charge in [0.15, 0.2) is 0 Å². The average molecular weight is 336 g/mol. The van der Waals surface area contributed by atoms with E-state index >= 15 is 0 Å². The summed E-state index contributed by atoms with van der Waals surface area (Å²) >= 11 is 7.57. The number of nitrogens with one attached hydrogen (secondary N) is 1. The Morgan fingerprint density at radius 2 is 1.86 bits per heavy atom. The van der Waals surface area contributed by atoms with Gasteiger partial charge in [-0.2, -0.15) is 11.3 Å². The van der Waals surface area contributed by atoms with Gasteiger partial charge in [0.05, 0.1) is 0 Å². The van der Waals surface area contributed by atoms with Crippen LogP contribution >= 0.6 is 22.9 Å². The number of halogens is 1. The second-order valence-corrected chi connectivity index (χ2v) is 6.55. The van der Waals surface area contributed by atoms with Gasteiger partial charge in [-0.15, -0.1) is 0 Å². The standard InChI is InChI=1S/C16H18ClN3OS/c17-14-1-3-15(4-2-14)18-16(21)20-8-6-19(7-9-20)11-13-5-10-22-12-13/h1-5,10,12H,6-9,11H2,(H,18,21). The van der Waals surface area contributed by atoms with E-state index in [1.54, 1.807) is 23.5 Å². The number of thiophene rings is 1. The zero-order valence-electron chi connectivity index (χ0n) is 12.2. The van der Waals surface area contributed by atoms with Crippen LogP contribution in [0.25, 0.3) is 0 Å². The highest BCUT2D eigenvalue weighted by atomic mass is 35.5. The summed E-state index contributed by atoms with van der Waals surface area (Å²) in [6.07, 6.45) is 0. The molecule has 4 nitrogen and oxygen atoms in total. The Morgan fingerprint density at radius 3 is 2.50 bits per heavy atom. The number of nitrogens with zero attached hydrogens (tertiary/aromatic N) is 2. The van der Waals surface area contributed by atoms with Crippen molar-refractivity contribution in [1.82, 2.24) is 9.80 Å². The van der Waals surface area contributed by atoms with Gasteiger partial charge in [0.25, 0.3) is 0 Å². The van der Waals surface area contributed by atoms with Crippen LogP contribution in [-0.2, 0) is 6.54 Å². The molecule has 1 saturated heterocycles. The van der Waals surface area contributed by atoms with Gasteiger partial charge in [-0.25, -0.2) is 4.79 Å². The second-order valence-electron chi connectivity index (χ2n) is 5.33. The van der Waals surface area contributed by atoms with E-state index in [0.29, 0.717) is 5.02 Å². The SMILES string of the molecule is O=C(Nc1ccc(Cl)cc1)N1CCN(Cc2ccsc2)CC1. The summed E-state index contributed by atoms with van der Waals surface area (Å²) in [5, 5.41) is 7.86. The van der Waals surface area contributed by atoms with Crippen LogP contribution in [-0.4, -0.2) is 42.0 Å². The van der Waals surface area contributed by atoms with Crippen molar-refractivity contribution in [2.24, 2.45) is 0 Å². The summed E-state index contributed by atoms with van der Waals surface area (Å²) in [4.78, 5) is 16.5. The van der Waals surface area contributed by atoms with Crippen molar-refractivity contribution >= 4 is 34.7 Å². The Bertz CT molecular complexity index is 607. The Morgan fingerprint density at radius 1 is 1.14 bits per heavy atom. The lowest BCUT2D eigenvalue weighted by atomic mass is 10.2. The van der Waals surface area contributed by atoms with Crippen LogP contribution in [0, 0.1) is 0 Å². The van der Waals surface area contributed by atoms with E-state index in [1.165, 1.54) is 5.56 Å². The Kier molecular flexibility index (Phi) is 4.97. The van der Waals surface area contributed by atoms with Crippen LogP contribution in [0.5, 0.6) is 0 Å². The number of hydrogen-bond acceptors (Lipinski definition) is 3. The summed E-state index contributed by atoms with van der Waals surface area (Å²) in [7, 11) is 0. The van der Waals surface area contributed by atoms with E-state index in [1.807, 2.05) is 17.0 Å². The number of amides is 2. The third-order valence-corrected chi connectivity index (χ3v) is 4.73. The van der Waals surface area contributed by atoms with Crippen molar-refractivity contribution in [3.05, 3.63) is 51.7 Å². The molecule has 0 spiro atoms. The number of anilines is 1. The number of urea groups is 1. The van der Waals surface area contributed by atoms with E-state index in [-0.39, 0.29) is 6.03 Å². The summed E-state index contributed by atoms with van der Waals surface area (Å²) in [6, 6.07) is 9.29. The van der Waals surface area contributed by atoms with Crippen LogP contribution in [0.1, 0.15) is 5.56 Å². The van der Waals surface area contributed by atoms with Gasteiger partial charge in [-0.05, 0) is 46.7 Å². The summed E-state index contributed by atoms with van der Waals surface area (Å²) in [5.74, 6) is 0. The molecule has 0 bridgehead atoms. The monoisotopic (exact) mass is 335 g/mol. The lowest BCUT2D eigenvalue weighted by molar-refractivity contribution is 0.143. The number of carbonyl (C=O) groups is 1. The van der Waals surface area contributed by atoms with Gasteiger partial charge >= 0.3 is 6.03 Å². The van der Waals surface area contributed by atoms with Crippen molar-refractivity contribution in [2.45, 2.75) is 6.54 Å². The molecule has 6 heteroatoms. The maximum atomic E-state index is 12.2. The van der Waals surface area contributed by atoms with E-state index in [2.05, 4.69) is 27.0 Å². The first-order valence-corrected chi connectivity index (χ1v) is 8.58. The molecule has 2 aromatic rings. The lowest BCUT2D eigenvalue weighted by Crippen LogP contribution is -2.49. The molecule has 1 aromatic heterocycles. The smallest absolute Gasteiger partial charge is 0.321 e. The fraction of sp³-hybridized carbons (Fsp3) is 0.312. The summed E-state index contributed by atoms with van der Waals surface area (Å²) in [6.45, 7) is 4.29. The van der Waals surface area contributed by atoms with Crippen molar-refractivity contribution in [3.8, 4) is 0 Å². The van der Waals surface area contributed by atoms with Gasteiger partial charge in [0.2, 0.25) is 0 Å². The molecule has 0 atom stereocenters. The zero-order valence-corrected chi connectivity index (χ0v) is 13.7. The highest BCUT2D eigenvalue weighted by Crippen LogP contribution is 2.15. The number of carbonyl (C=O) groups excluding carboxylic acids is 1. The average Bonchev–Trinajstić information content (AvgIpc) is 3.03. The molecule has 1 aliphatic rings. The largest absolute Gasteiger partial charge is 0.322 e. The molecule has 1 N–H and O–H groups in total. The lowest BCUT2D eigenvalue weighted by Gasteiger charge is -2.34. The van der Waals surface area contributed by atoms with Crippen LogP contribution in [0.4, 0.5) is 10.5 Å². The first-order valence-electron chi connectivity index (χ1n) is 7.25. The first kappa shape index (κ1) is 15.3. The molecule has 1 aliphatic heterocycles. The third-order valence-electron chi connectivity index (χ3n) is 3.74. The molecular formula is C16H18ClN3OS.